The molecular formula is C16H24N2OS. The molecule has 0 aliphatic carbocycles. The standard InChI is InChI=1S/C16H24N2OS/c1-15(2,3)12-8-6-11(7-9-12)13(19)18-10-16(4,5)14(17)20/h6-9H,10H2,1-5H3,(H2,17,20)(H,18,19). The average Bonchev–Trinajstić information content (AvgIpc) is 2.35. The smallest absolute Gasteiger partial charge is 0.251 e. The van der Waals surface area contributed by atoms with E-state index in [4.69, 9.17) is 18.0 Å². The van der Waals surface area contributed by atoms with Crippen LogP contribution < -0.4 is 11.1 Å². The van der Waals surface area contributed by atoms with Gasteiger partial charge in [-0.25, -0.2) is 0 Å². The van der Waals surface area contributed by atoms with Crippen LogP contribution in [0.5, 0.6) is 0 Å². The number of nitrogens with one attached hydrogen (secondary N) is 1. The molecule has 0 heterocycles. The summed E-state index contributed by atoms with van der Waals surface area (Å²) in [5.41, 5.74) is 7.21. The Bertz CT molecular complexity index is 498. The number of benzene rings is 1. The van der Waals surface area contributed by atoms with E-state index in [9.17, 15) is 4.79 Å². The Morgan fingerprint density at radius 1 is 1.15 bits per heavy atom. The molecule has 0 radical (unpaired) electrons. The highest BCUT2D eigenvalue weighted by atomic mass is 32.1. The van der Waals surface area contributed by atoms with Crippen molar-refractivity contribution >= 4 is 23.1 Å². The molecule has 0 spiro atoms. The molecule has 1 rings (SSSR count). The third-order valence-electron chi connectivity index (χ3n) is 3.37. The average molecular weight is 292 g/mol. The molecule has 3 N–H and O–H groups in total. The number of hydrogen-bond donors (Lipinski definition) is 2. The van der Waals surface area contributed by atoms with Crippen molar-refractivity contribution in [3.63, 3.8) is 0 Å². The van der Waals surface area contributed by atoms with Crippen molar-refractivity contribution in [2.24, 2.45) is 11.1 Å². The number of rotatable bonds is 4. The fourth-order valence-electron chi connectivity index (χ4n) is 1.61. The second-order valence-electron chi connectivity index (χ2n) is 6.76. The number of hydrogen-bond acceptors (Lipinski definition) is 2. The second kappa shape index (κ2) is 5.92. The van der Waals surface area contributed by atoms with Gasteiger partial charge in [0.1, 0.15) is 0 Å². The van der Waals surface area contributed by atoms with E-state index in [2.05, 4.69) is 26.1 Å². The maximum atomic E-state index is 12.1. The highest BCUT2D eigenvalue weighted by Crippen LogP contribution is 2.22. The van der Waals surface area contributed by atoms with Crippen LogP contribution in [-0.4, -0.2) is 17.4 Å². The minimum Gasteiger partial charge on any atom is -0.393 e. The van der Waals surface area contributed by atoms with E-state index in [-0.39, 0.29) is 16.7 Å². The first kappa shape index (κ1) is 16.6. The zero-order chi connectivity index (χ0) is 15.6. The summed E-state index contributed by atoms with van der Waals surface area (Å²) in [6.45, 7) is 10.7. The van der Waals surface area contributed by atoms with Gasteiger partial charge in [0.05, 0.1) is 4.99 Å². The lowest BCUT2D eigenvalue weighted by Gasteiger charge is -2.23. The van der Waals surface area contributed by atoms with Crippen LogP contribution in [0.1, 0.15) is 50.5 Å². The zero-order valence-corrected chi connectivity index (χ0v) is 13.7. The van der Waals surface area contributed by atoms with E-state index in [0.717, 1.165) is 0 Å². The number of amides is 1. The molecule has 1 aromatic carbocycles. The summed E-state index contributed by atoms with van der Waals surface area (Å²) < 4.78 is 0. The number of carbonyl (C=O) groups excluding carboxylic acids is 1. The first-order chi connectivity index (χ1) is 9.04. The van der Waals surface area contributed by atoms with Crippen LogP contribution in [0.15, 0.2) is 24.3 Å². The molecule has 20 heavy (non-hydrogen) atoms. The molecule has 0 saturated carbocycles. The van der Waals surface area contributed by atoms with Crippen molar-refractivity contribution < 1.29 is 4.79 Å². The van der Waals surface area contributed by atoms with Gasteiger partial charge in [0.15, 0.2) is 0 Å². The Labute approximate surface area is 126 Å². The van der Waals surface area contributed by atoms with Crippen LogP contribution in [0.25, 0.3) is 0 Å². The molecule has 0 bridgehead atoms. The fraction of sp³-hybridized carbons (Fsp3) is 0.500. The largest absolute Gasteiger partial charge is 0.393 e. The lowest BCUT2D eigenvalue weighted by molar-refractivity contribution is 0.0945. The number of nitrogens with two attached hydrogens (primary N) is 1. The van der Waals surface area contributed by atoms with Gasteiger partial charge in [0, 0.05) is 17.5 Å². The van der Waals surface area contributed by atoms with Crippen molar-refractivity contribution in [3.05, 3.63) is 35.4 Å². The van der Waals surface area contributed by atoms with E-state index in [1.807, 2.05) is 38.1 Å². The number of carbonyl (C=O) groups is 1. The van der Waals surface area contributed by atoms with E-state index >= 15 is 0 Å². The predicted octanol–water partition coefficient (Wildman–Crippen LogP) is 3.03. The highest BCUT2D eigenvalue weighted by molar-refractivity contribution is 7.80. The van der Waals surface area contributed by atoms with Gasteiger partial charge in [-0.2, -0.15) is 0 Å². The first-order valence-corrected chi connectivity index (χ1v) is 7.13. The molecule has 0 aliphatic rings. The summed E-state index contributed by atoms with van der Waals surface area (Å²) in [6.07, 6.45) is 0. The Hall–Kier alpha value is -1.42. The molecule has 0 unspecified atom stereocenters. The van der Waals surface area contributed by atoms with Crippen LogP contribution >= 0.6 is 12.2 Å². The highest BCUT2D eigenvalue weighted by Gasteiger charge is 2.22. The van der Waals surface area contributed by atoms with Gasteiger partial charge >= 0.3 is 0 Å². The summed E-state index contributed by atoms with van der Waals surface area (Å²) >= 11 is 4.98. The summed E-state index contributed by atoms with van der Waals surface area (Å²) in [6, 6.07) is 7.69. The van der Waals surface area contributed by atoms with Crippen LogP contribution in [0.3, 0.4) is 0 Å². The molecule has 110 valence electrons. The van der Waals surface area contributed by atoms with Crippen LogP contribution in [0.2, 0.25) is 0 Å². The van der Waals surface area contributed by atoms with Crippen LogP contribution in [-0.2, 0) is 5.41 Å². The van der Waals surface area contributed by atoms with Crippen molar-refractivity contribution in [2.75, 3.05) is 6.54 Å². The molecule has 1 amide bonds. The Kier molecular flexibility index (Phi) is 4.92. The van der Waals surface area contributed by atoms with Crippen molar-refractivity contribution in [3.8, 4) is 0 Å². The summed E-state index contributed by atoms with van der Waals surface area (Å²) in [5.74, 6) is -0.102. The Morgan fingerprint density at radius 3 is 2.05 bits per heavy atom. The quantitative estimate of drug-likeness (QED) is 0.839. The van der Waals surface area contributed by atoms with Crippen molar-refractivity contribution in [1.82, 2.24) is 5.32 Å². The minimum atomic E-state index is -0.379. The monoisotopic (exact) mass is 292 g/mol. The van der Waals surface area contributed by atoms with Gasteiger partial charge in [0.2, 0.25) is 0 Å². The second-order valence-corrected chi connectivity index (χ2v) is 7.20. The maximum Gasteiger partial charge on any atom is 0.251 e. The fourth-order valence-corrected chi connectivity index (χ4v) is 1.68. The van der Waals surface area contributed by atoms with Gasteiger partial charge in [0.25, 0.3) is 5.91 Å². The Morgan fingerprint density at radius 2 is 1.65 bits per heavy atom. The SMILES string of the molecule is CC(C)(CNC(=O)c1ccc(C(C)(C)C)cc1)C(N)=S. The van der Waals surface area contributed by atoms with Gasteiger partial charge in [-0.15, -0.1) is 0 Å². The summed E-state index contributed by atoms with van der Waals surface area (Å²) in [4.78, 5) is 12.5. The molecule has 1 aromatic rings. The Balaban J connectivity index is 2.72. The van der Waals surface area contributed by atoms with Gasteiger partial charge < -0.3 is 11.1 Å². The molecule has 0 aromatic heterocycles. The summed E-state index contributed by atoms with van der Waals surface area (Å²) in [5, 5.41) is 2.87. The zero-order valence-electron chi connectivity index (χ0n) is 12.9. The van der Waals surface area contributed by atoms with Crippen molar-refractivity contribution in [1.29, 1.82) is 0 Å². The normalized spacial score (nSPS) is 12.1. The molecule has 0 fully saturated rings. The van der Waals surface area contributed by atoms with Crippen molar-refractivity contribution in [2.45, 2.75) is 40.0 Å². The molecule has 3 nitrogen and oxygen atoms in total. The van der Waals surface area contributed by atoms with E-state index in [1.54, 1.807) is 0 Å². The molecule has 4 heteroatoms. The summed E-state index contributed by atoms with van der Waals surface area (Å²) in [7, 11) is 0. The first-order valence-electron chi connectivity index (χ1n) is 6.73. The lowest BCUT2D eigenvalue weighted by Crippen LogP contribution is -2.41. The molecule has 0 atom stereocenters. The minimum absolute atomic E-state index is 0.0860. The van der Waals surface area contributed by atoms with Gasteiger partial charge in [-0.3, -0.25) is 4.79 Å². The maximum absolute atomic E-state index is 12.1. The van der Waals surface area contributed by atoms with Crippen LogP contribution in [0.4, 0.5) is 0 Å². The van der Waals surface area contributed by atoms with E-state index in [1.165, 1.54) is 5.56 Å². The molecular weight excluding hydrogens is 268 g/mol. The lowest BCUT2D eigenvalue weighted by atomic mass is 9.86. The molecule has 0 aliphatic heterocycles. The van der Waals surface area contributed by atoms with E-state index in [0.29, 0.717) is 17.1 Å². The topological polar surface area (TPSA) is 55.1 Å². The van der Waals surface area contributed by atoms with Crippen LogP contribution in [0, 0.1) is 5.41 Å². The van der Waals surface area contributed by atoms with Gasteiger partial charge in [-0.05, 0) is 23.1 Å². The third-order valence-corrected chi connectivity index (χ3v) is 3.92. The predicted molar refractivity (Wildman–Crippen MR) is 88.0 cm³/mol. The van der Waals surface area contributed by atoms with E-state index < -0.39 is 0 Å². The third kappa shape index (κ3) is 4.30. The number of thiocarbonyl (C=S) groups is 1. The molecule has 0 saturated heterocycles. The van der Waals surface area contributed by atoms with Gasteiger partial charge in [-0.1, -0.05) is 59.0 Å².